The van der Waals surface area contributed by atoms with Gasteiger partial charge in [-0.25, -0.2) is 8.42 Å². The van der Waals surface area contributed by atoms with Gasteiger partial charge >= 0.3 is 11.9 Å². The third kappa shape index (κ3) is 7.82. The molecule has 1 aromatic carbocycles. The second-order valence-corrected chi connectivity index (χ2v) is 7.52. The van der Waals surface area contributed by atoms with Gasteiger partial charge in [0.05, 0.1) is 37.8 Å². The van der Waals surface area contributed by atoms with Crippen molar-refractivity contribution in [3.63, 3.8) is 0 Å². The molecule has 0 aliphatic carbocycles. The summed E-state index contributed by atoms with van der Waals surface area (Å²) in [5.74, 6) is -0.614. The number of methoxy groups -OCH3 is 1. The van der Waals surface area contributed by atoms with Crippen molar-refractivity contribution in [1.29, 1.82) is 0 Å². The largest absolute Gasteiger partial charge is 0.495 e. The standard InChI is InChI=1S/C17H24N2O8S/c1-12(21)26-7-5-19(6-8-27-13(2)22)16-10-15(18-28(4,23)24)14(11-20)9-17(16)25-3/h9-11,18H,5-8H2,1-4H3. The summed E-state index contributed by atoms with van der Waals surface area (Å²) in [7, 11) is -2.24. The summed E-state index contributed by atoms with van der Waals surface area (Å²) in [6.45, 7) is 3.07. The van der Waals surface area contributed by atoms with Gasteiger partial charge in [0, 0.05) is 19.4 Å². The summed E-state index contributed by atoms with van der Waals surface area (Å²) >= 11 is 0. The zero-order valence-corrected chi connectivity index (χ0v) is 17.0. The second-order valence-electron chi connectivity index (χ2n) is 5.77. The monoisotopic (exact) mass is 416 g/mol. The number of ether oxygens (including phenoxy) is 3. The predicted octanol–water partition coefficient (Wildman–Crippen LogP) is 0.812. The lowest BCUT2D eigenvalue weighted by molar-refractivity contribution is -0.141. The molecule has 0 heterocycles. The van der Waals surface area contributed by atoms with Crippen molar-refractivity contribution in [3.05, 3.63) is 17.7 Å². The Labute approximate surface area is 163 Å². The molecule has 1 rings (SSSR count). The van der Waals surface area contributed by atoms with Gasteiger partial charge in [-0.3, -0.25) is 19.1 Å². The molecule has 1 N–H and O–H groups in total. The lowest BCUT2D eigenvalue weighted by Gasteiger charge is -2.27. The number of carbonyl (C=O) groups is 3. The van der Waals surface area contributed by atoms with Gasteiger partial charge in [-0.15, -0.1) is 0 Å². The number of nitrogens with one attached hydrogen (secondary N) is 1. The van der Waals surface area contributed by atoms with Crippen molar-refractivity contribution in [3.8, 4) is 5.75 Å². The van der Waals surface area contributed by atoms with Crippen molar-refractivity contribution in [2.24, 2.45) is 0 Å². The first kappa shape index (κ1) is 23.2. The molecule has 28 heavy (non-hydrogen) atoms. The zero-order chi connectivity index (χ0) is 21.3. The lowest BCUT2D eigenvalue weighted by Crippen LogP contribution is -2.32. The normalized spacial score (nSPS) is 10.7. The first-order valence-electron chi connectivity index (χ1n) is 8.24. The molecule has 0 aliphatic rings. The van der Waals surface area contributed by atoms with Crippen LogP contribution in [-0.4, -0.2) is 66.3 Å². The predicted molar refractivity (Wildman–Crippen MR) is 102 cm³/mol. The lowest BCUT2D eigenvalue weighted by atomic mass is 10.1. The summed E-state index contributed by atoms with van der Waals surface area (Å²) in [6.07, 6.45) is 1.46. The van der Waals surface area contributed by atoms with Crippen LogP contribution < -0.4 is 14.4 Å². The number of benzene rings is 1. The van der Waals surface area contributed by atoms with Gasteiger partial charge in [-0.2, -0.15) is 0 Å². The average molecular weight is 416 g/mol. The Morgan fingerprint density at radius 2 is 1.64 bits per heavy atom. The maximum atomic E-state index is 11.6. The number of sulfonamides is 1. The minimum absolute atomic E-state index is 0.0445. The van der Waals surface area contributed by atoms with Crippen LogP contribution in [0.2, 0.25) is 0 Å². The number of rotatable bonds is 11. The van der Waals surface area contributed by atoms with Crippen molar-refractivity contribution in [2.45, 2.75) is 13.8 Å². The number of hydrogen-bond acceptors (Lipinski definition) is 9. The van der Waals surface area contributed by atoms with Gasteiger partial charge < -0.3 is 19.1 Å². The Morgan fingerprint density at radius 3 is 2.04 bits per heavy atom. The van der Waals surface area contributed by atoms with E-state index in [2.05, 4.69) is 4.72 Å². The van der Waals surface area contributed by atoms with Crippen molar-refractivity contribution < 1.29 is 37.0 Å². The van der Waals surface area contributed by atoms with Crippen LogP contribution in [0.4, 0.5) is 11.4 Å². The Hall–Kier alpha value is -2.82. The highest BCUT2D eigenvalue weighted by Crippen LogP contribution is 2.34. The SMILES string of the molecule is COc1cc(C=O)c(NS(C)(=O)=O)cc1N(CCOC(C)=O)CCOC(C)=O. The van der Waals surface area contributed by atoms with Gasteiger partial charge in [0.2, 0.25) is 10.0 Å². The molecule has 0 radical (unpaired) electrons. The molecule has 0 unspecified atom stereocenters. The Kier molecular flexibility index (Phi) is 8.71. The summed E-state index contributed by atoms with van der Waals surface area (Å²) in [6, 6.07) is 2.83. The molecule has 0 amide bonds. The van der Waals surface area contributed by atoms with E-state index < -0.39 is 22.0 Å². The maximum Gasteiger partial charge on any atom is 0.302 e. The first-order valence-corrected chi connectivity index (χ1v) is 10.1. The van der Waals surface area contributed by atoms with Gasteiger partial charge in [0.25, 0.3) is 0 Å². The van der Waals surface area contributed by atoms with E-state index in [9.17, 15) is 22.8 Å². The average Bonchev–Trinajstić information content (AvgIpc) is 2.58. The summed E-state index contributed by atoms with van der Waals surface area (Å²) in [4.78, 5) is 35.1. The summed E-state index contributed by atoms with van der Waals surface area (Å²) in [5, 5.41) is 0. The highest BCUT2D eigenvalue weighted by molar-refractivity contribution is 7.92. The minimum Gasteiger partial charge on any atom is -0.495 e. The molecule has 1 aromatic rings. The number of aldehydes is 1. The molecule has 0 aliphatic heterocycles. The molecule has 156 valence electrons. The van der Waals surface area contributed by atoms with E-state index in [1.807, 2.05) is 0 Å². The molecule has 11 heteroatoms. The Bertz CT molecular complexity index is 803. The molecule has 0 spiro atoms. The third-order valence-corrected chi connectivity index (χ3v) is 4.04. The molecule has 0 saturated heterocycles. The van der Waals surface area contributed by atoms with Crippen molar-refractivity contribution in [1.82, 2.24) is 0 Å². The van der Waals surface area contributed by atoms with Crippen LogP contribution in [-0.2, 0) is 29.1 Å². The number of esters is 2. The van der Waals surface area contributed by atoms with Gasteiger partial charge in [0.1, 0.15) is 19.0 Å². The van der Waals surface area contributed by atoms with Crippen LogP contribution in [0, 0.1) is 0 Å². The van der Waals surface area contributed by atoms with Crippen molar-refractivity contribution in [2.75, 3.05) is 49.3 Å². The smallest absolute Gasteiger partial charge is 0.302 e. The van der Waals surface area contributed by atoms with Crippen LogP contribution in [0.25, 0.3) is 0 Å². The van der Waals surface area contributed by atoms with Crippen LogP contribution in [0.15, 0.2) is 12.1 Å². The molecular weight excluding hydrogens is 392 g/mol. The topological polar surface area (TPSA) is 128 Å². The van der Waals surface area contributed by atoms with Crippen LogP contribution >= 0.6 is 0 Å². The first-order chi connectivity index (χ1) is 13.1. The fourth-order valence-corrected chi connectivity index (χ4v) is 2.91. The minimum atomic E-state index is -3.64. The van der Waals surface area contributed by atoms with Crippen LogP contribution in [0.5, 0.6) is 5.75 Å². The second kappa shape index (κ2) is 10.5. The number of hydrogen-bond donors (Lipinski definition) is 1. The van der Waals surface area contributed by atoms with Crippen LogP contribution in [0.1, 0.15) is 24.2 Å². The van der Waals surface area contributed by atoms with Gasteiger partial charge in [-0.1, -0.05) is 0 Å². The van der Waals surface area contributed by atoms with E-state index in [4.69, 9.17) is 14.2 Å². The van der Waals surface area contributed by atoms with E-state index in [-0.39, 0.29) is 37.6 Å². The highest BCUT2D eigenvalue weighted by Gasteiger charge is 2.18. The molecule has 10 nitrogen and oxygen atoms in total. The Morgan fingerprint density at radius 1 is 1.11 bits per heavy atom. The van der Waals surface area contributed by atoms with E-state index >= 15 is 0 Å². The van der Waals surface area contributed by atoms with E-state index in [0.29, 0.717) is 17.7 Å². The fraction of sp³-hybridized carbons (Fsp3) is 0.471. The van der Waals surface area contributed by atoms with Crippen molar-refractivity contribution >= 4 is 39.6 Å². The quantitative estimate of drug-likeness (QED) is 0.411. The fourth-order valence-electron chi connectivity index (χ4n) is 2.33. The van der Waals surface area contributed by atoms with E-state index in [1.54, 1.807) is 4.90 Å². The Balaban J connectivity index is 3.28. The van der Waals surface area contributed by atoms with Gasteiger partial charge in [0.15, 0.2) is 6.29 Å². The molecule has 0 bridgehead atoms. The molecule has 0 saturated carbocycles. The molecule has 0 fully saturated rings. The highest BCUT2D eigenvalue weighted by atomic mass is 32.2. The number of carbonyl (C=O) groups excluding carboxylic acids is 3. The molecule has 0 atom stereocenters. The summed E-state index contributed by atoms with van der Waals surface area (Å²) in [5.41, 5.74) is 0.586. The van der Waals surface area contributed by atoms with Gasteiger partial charge in [-0.05, 0) is 12.1 Å². The number of nitrogens with zero attached hydrogens (tertiary/aromatic N) is 1. The summed E-state index contributed by atoms with van der Waals surface area (Å²) < 4.78 is 40.7. The van der Waals surface area contributed by atoms with Crippen LogP contribution in [0.3, 0.4) is 0 Å². The molecule has 0 aromatic heterocycles. The zero-order valence-electron chi connectivity index (χ0n) is 16.2. The maximum absolute atomic E-state index is 11.6. The van der Waals surface area contributed by atoms with E-state index in [0.717, 1.165) is 6.26 Å². The third-order valence-electron chi connectivity index (χ3n) is 3.45. The number of anilines is 2. The molecular formula is C17H24N2O8S. The van der Waals surface area contributed by atoms with E-state index in [1.165, 1.54) is 33.1 Å².